The highest BCUT2D eigenvalue weighted by atomic mass is 35.5. The lowest BCUT2D eigenvalue weighted by Crippen LogP contribution is -2.17. The van der Waals surface area contributed by atoms with Gasteiger partial charge in [-0.25, -0.2) is 0 Å². The second-order valence-electron chi connectivity index (χ2n) is 4.30. The maximum absolute atomic E-state index is 8.61. The number of hydrogen-bond acceptors (Lipinski definition) is 4. The minimum absolute atomic E-state index is 0.0456. The fraction of sp³-hybridized carbons (Fsp3) is 0.214. The lowest BCUT2D eigenvalue weighted by molar-refractivity contribution is 0.318. The summed E-state index contributed by atoms with van der Waals surface area (Å²) in [5.41, 5.74) is 7.06. The van der Waals surface area contributed by atoms with Crippen molar-refractivity contribution in [2.75, 3.05) is 6.54 Å². The maximum atomic E-state index is 8.61. The molecule has 0 aliphatic carbocycles. The fourth-order valence-corrected chi connectivity index (χ4v) is 2.04. The Bertz CT molecular complexity index is 582. The number of halogens is 1. The SMILES string of the molecule is N/C(=N/O)c1ccc(CNCCc2ccco2)c(Cl)c1. The molecule has 0 spiro atoms. The summed E-state index contributed by atoms with van der Waals surface area (Å²) in [5.74, 6) is 0.995. The molecule has 0 aliphatic heterocycles. The summed E-state index contributed by atoms with van der Waals surface area (Å²) >= 11 is 6.16. The molecule has 1 aromatic carbocycles. The van der Waals surface area contributed by atoms with Gasteiger partial charge in [0.05, 0.1) is 6.26 Å². The van der Waals surface area contributed by atoms with Crippen molar-refractivity contribution in [3.05, 3.63) is 58.5 Å². The van der Waals surface area contributed by atoms with Crippen molar-refractivity contribution in [1.82, 2.24) is 5.32 Å². The van der Waals surface area contributed by atoms with Crippen LogP contribution in [0.25, 0.3) is 0 Å². The average molecular weight is 294 g/mol. The summed E-state index contributed by atoms with van der Waals surface area (Å²) in [6, 6.07) is 9.12. The zero-order valence-electron chi connectivity index (χ0n) is 10.8. The van der Waals surface area contributed by atoms with E-state index in [9.17, 15) is 0 Å². The molecular weight excluding hydrogens is 278 g/mol. The van der Waals surface area contributed by atoms with E-state index in [1.807, 2.05) is 18.2 Å². The average Bonchev–Trinajstić information content (AvgIpc) is 2.97. The van der Waals surface area contributed by atoms with E-state index in [0.717, 1.165) is 24.3 Å². The zero-order valence-corrected chi connectivity index (χ0v) is 11.6. The summed E-state index contributed by atoms with van der Waals surface area (Å²) in [6.45, 7) is 1.45. The van der Waals surface area contributed by atoms with Gasteiger partial charge in [-0.3, -0.25) is 0 Å². The van der Waals surface area contributed by atoms with Gasteiger partial charge >= 0.3 is 0 Å². The molecule has 0 fully saturated rings. The molecule has 0 bridgehead atoms. The molecule has 0 saturated carbocycles. The number of rotatable bonds is 6. The van der Waals surface area contributed by atoms with Gasteiger partial charge in [-0.1, -0.05) is 28.9 Å². The number of nitrogens with two attached hydrogens (primary N) is 1. The molecule has 0 amide bonds. The van der Waals surface area contributed by atoms with Crippen molar-refractivity contribution in [3.8, 4) is 0 Å². The largest absolute Gasteiger partial charge is 0.469 e. The molecule has 0 unspecified atom stereocenters. The number of hydrogen-bond donors (Lipinski definition) is 3. The number of benzene rings is 1. The van der Waals surface area contributed by atoms with E-state index in [2.05, 4.69) is 10.5 Å². The Morgan fingerprint density at radius 1 is 1.40 bits per heavy atom. The van der Waals surface area contributed by atoms with Crippen molar-refractivity contribution >= 4 is 17.4 Å². The van der Waals surface area contributed by atoms with Gasteiger partial charge < -0.3 is 20.7 Å². The van der Waals surface area contributed by atoms with Crippen LogP contribution in [-0.4, -0.2) is 17.6 Å². The molecule has 0 saturated heterocycles. The highest BCUT2D eigenvalue weighted by Gasteiger charge is 2.05. The first-order chi connectivity index (χ1) is 9.70. The van der Waals surface area contributed by atoms with Crippen LogP contribution in [-0.2, 0) is 13.0 Å². The molecule has 1 heterocycles. The monoisotopic (exact) mass is 293 g/mol. The van der Waals surface area contributed by atoms with Crippen LogP contribution in [0.4, 0.5) is 0 Å². The molecule has 5 nitrogen and oxygen atoms in total. The van der Waals surface area contributed by atoms with Gasteiger partial charge in [0.1, 0.15) is 5.76 Å². The lowest BCUT2D eigenvalue weighted by atomic mass is 10.1. The quantitative estimate of drug-likeness (QED) is 0.251. The van der Waals surface area contributed by atoms with Crippen molar-refractivity contribution < 1.29 is 9.62 Å². The Morgan fingerprint density at radius 2 is 2.25 bits per heavy atom. The van der Waals surface area contributed by atoms with Gasteiger partial charge in [0, 0.05) is 30.1 Å². The molecule has 0 aliphatic rings. The maximum Gasteiger partial charge on any atom is 0.170 e. The van der Waals surface area contributed by atoms with Gasteiger partial charge in [0.15, 0.2) is 5.84 Å². The standard InChI is InChI=1S/C14H16ClN3O2/c15-13-8-10(14(16)18-19)3-4-11(13)9-17-6-5-12-2-1-7-20-12/h1-4,7-8,17,19H,5-6,9H2,(H2,16,18). The number of furan rings is 1. The van der Waals surface area contributed by atoms with E-state index in [1.54, 1.807) is 18.4 Å². The Kier molecular flexibility index (Phi) is 5.03. The minimum atomic E-state index is 0.0456. The Balaban J connectivity index is 1.87. The van der Waals surface area contributed by atoms with Gasteiger partial charge in [0.2, 0.25) is 0 Å². The van der Waals surface area contributed by atoms with Crippen LogP contribution in [0.15, 0.2) is 46.2 Å². The third kappa shape index (κ3) is 3.76. The van der Waals surface area contributed by atoms with Crippen LogP contribution in [0, 0.1) is 0 Å². The molecular formula is C14H16ClN3O2. The topological polar surface area (TPSA) is 83.8 Å². The minimum Gasteiger partial charge on any atom is -0.469 e. The Hall–Kier alpha value is -1.98. The molecule has 4 N–H and O–H groups in total. The van der Waals surface area contributed by atoms with Gasteiger partial charge in [-0.2, -0.15) is 0 Å². The van der Waals surface area contributed by atoms with Crippen molar-refractivity contribution in [3.63, 3.8) is 0 Å². The predicted octanol–water partition coefficient (Wildman–Crippen LogP) is 2.36. The van der Waals surface area contributed by atoms with Crippen molar-refractivity contribution in [1.29, 1.82) is 0 Å². The van der Waals surface area contributed by atoms with Crippen LogP contribution in [0.2, 0.25) is 5.02 Å². The van der Waals surface area contributed by atoms with Gasteiger partial charge in [-0.05, 0) is 23.8 Å². The number of oxime groups is 1. The fourth-order valence-electron chi connectivity index (χ4n) is 1.80. The van der Waals surface area contributed by atoms with Crippen LogP contribution in [0.5, 0.6) is 0 Å². The van der Waals surface area contributed by atoms with E-state index in [4.69, 9.17) is 27.0 Å². The van der Waals surface area contributed by atoms with Crippen molar-refractivity contribution in [2.45, 2.75) is 13.0 Å². The number of nitrogens with one attached hydrogen (secondary N) is 1. The third-order valence-electron chi connectivity index (χ3n) is 2.90. The van der Waals surface area contributed by atoms with Crippen LogP contribution < -0.4 is 11.1 Å². The molecule has 106 valence electrons. The van der Waals surface area contributed by atoms with E-state index < -0.39 is 0 Å². The first-order valence-corrected chi connectivity index (χ1v) is 6.58. The van der Waals surface area contributed by atoms with Crippen LogP contribution in [0.3, 0.4) is 0 Å². The summed E-state index contributed by atoms with van der Waals surface area (Å²) < 4.78 is 5.25. The highest BCUT2D eigenvalue weighted by molar-refractivity contribution is 6.31. The normalized spacial score (nSPS) is 11.8. The first-order valence-electron chi connectivity index (χ1n) is 6.20. The summed E-state index contributed by atoms with van der Waals surface area (Å²) in [5, 5.41) is 15.4. The van der Waals surface area contributed by atoms with Crippen molar-refractivity contribution in [2.24, 2.45) is 10.9 Å². The molecule has 6 heteroatoms. The summed E-state index contributed by atoms with van der Waals surface area (Å²) in [6.07, 6.45) is 2.49. The second kappa shape index (κ2) is 6.98. The van der Waals surface area contributed by atoms with E-state index in [0.29, 0.717) is 17.1 Å². The smallest absolute Gasteiger partial charge is 0.170 e. The summed E-state index contributed by atoms with van der Waals surface area (Å²) in [4.78, 5) is 0. The number of nitrogens with zero attached hydrogens (tertiary/aromatic N) is 1. The molecule has 0 atom stereocenters. The van der Waals surface area contributed by atoms with E-state index in [1.165, 1.54) is 0 Å². The molecule has 2 aromatic rings. The molecule has 0 radical (unpaired) electrons. The Labute approximate surface area is 122 Å². The zero-order chi connectivity index (χ0) is 14.4. The molecule has 1 aromatic heterocycles. The first kappa shape index (κ1) is 14.4. The Morgan fingerprint density at radius 3 is 2.90 bits per heavy atom. The summed E-state index contributed by atoms with van der Waals surface area (Å²) in [7, 11) is 0. The molecule has 2 rings (SSSR count). The predicted molar refractivity (Wildman–Crippen MR) is 78.1 cm³/mol. The number of amidine groups is 1. The highest BCUT2D eigenvalue weighted by Crippen LogP contribution is 2.17. The third-order valence-corrected chi connectivity index (χ3v) is 3.25. The second-order valence-corrected chi connectivity index (χ2v) is 4.70. The van der Waals surface area contributed by atoms with E-state index in [-0.39, 0.29) is 5.84 Å². The lowest BCUT2D eigenvalue weighted by Gasteiger charge is -2.07. The van der Waals surface area contributed by atoms with Gasteiger partial charge in [-0.15, -0.1) is 0 Å². The van der Waals surface area contributed by atoms with Crippen LogP contribution >= 0.6 is 11.6 Å². The van der Waals surface area contributed by atoms with E-state index >= 15 is 0 Å². The van der Waals surface area contributed by atoms with Crippen LogP contribution in [0.1, 0.15) is 16.9 Å². The van der Waals surface area contributed by atoms with Gasteiger partial charge in [0.25, 0.3) is 0 Å². The molecule has 20 heavy (non-hydrogen) atoms.